The molecule has 0 saturated carbocycles. The molecular weight excluding hydrogens is 464 g/mol. The zero-order valence-corrected chi connectivity index (χ0v) is 15.8. The van der Waals surface area contributed by atoms with Crippen LogP contribution >= 0.6 is 47.8 Å². The summed E-state index contributed by atoms with van der Waals surface area (Å²) in [6, 6.07) is 5.97. The number of halogens is 3. The van der Waals surface area contributed by atoms with Gasteiger partial charge in [0.15, 0.2) is 0 Å². The van der Waals surface area contributed by atoms with Crippen LogP contribution in [0.5, 0.6) is 5.75 Å². The molecule has 6 heteroatoms. The second-order valence-corrected chi connectivity index (χ2v) is 7.67. The second-order valence-electron chi connectivity index (χ2n) is 4.98. The molecule has 0 spiro atoms. The van der Waals surface area contributed by atoms with Crippen molar-refractivity contribution in [2.24, 2.45) is 5.73 Å². The molecule has 0 radical (unpaired) electrons. The van der Waals surface area contributed by atoms with E-state index < -0.39 is 0 Å². The number of rotatable bonds is 3. The van der Waals surface area contributed by atoms with Crippen LogP contribution in [0.2, 0.25) is 0 Å². The Bertz CT molecular complexity index is 691. The maximum absolute atomic E-state index is 6.34. The largest absolute Gasteiger partial charge is 0.493 e. The van der Waals surface area contributed by atoms with Gasteiger partial charge in [-0.25, -0.2) is 0 Å². The normalized spacial score (nSPS) is 14.7. The van der Waals surface area contributed by atoms with Gasteiger partial charge in [-0.3, -0.25) is 4.98 Å². The topological polar surface area (TPSA) is 48.1 Å². The summed E-state index contributed by atoms with van der Waals surface area (Å²) >= 11 is 10.5. The Morgan fingerprint density at radius 3 is 2.76 bits per heavy atom. The fourth-order valence-electron chi connectivity index (χ4n) is 2.53. The maximum atomic E-state index is 6.34. The van der Waals surface area contributed by atoms with Gasteiger partial charge in [-0.1, -0.05) is 15.9 Å². The number of hydrogen-bond donors (Lipinski definition) is 1. The highest BCUT2D eigenvalue weighted by Crippen LogP contribution is 2.35. The molecule has 1 aromatic heterocycles. The van der Waals surface area contributed by atoms with Crippen LogP contribution in [-0.2, 0) is 12.8 Å². The molecule has 0 fully saturated rings. The van der Waals surface area contributed by atoms with E-state index in [-0.39, 0.29) is 6.04 Å². The van der Waals surface area contributed by atoms with Gasteiger partial charge in [0.25, 0.3) is 0 Å². The van der Waals surface area contributed by atoms with Crippen molar-refractivity contribution in [1.29, 1.82) is 0 Å². The van der Waals surface area contributed by atoms with Gasteiger partial charge in [0, 0.05) is 26.0 Å². The first-order chi connectivity index (χ1) is 10.0. The fourth-order valence-corrected chi connectivity index (χ4v) is 4.36. The molecule has 0 bridgehead atoms. The molecule has 1 unspecified atom stereocenters. The average Bonchev–Trinajstić information content (AvgIpc) is 2.86. The van der Waals surface area contributed by atoms with Gasteiger partial charge >= 0.3 is 0 Å². The van der Waals surface area contributed by atoms with Crippen molar-refractivity contribution in [3.05, 3.63) is 54.6 Å². The molecule has 2 aromatic rings. The minimum absolute atomic E-state index is 0.185. The molecule has 2 N–H and O–H groups in total. The van der Waals surface area contributed by atoms with Crippen molar-refractivity contribution < 1.29 is 4.74 Å². The van der Waals surface area contributed by atoms with Crippen molar-refractivity contribution in [2.75, 3.05) is 6.61 Å². The third kappa shape index (κ3) is 3.33. The molecule has 1 aliphatic rings. The summed E-state index contributed by atoms with van der Waals surface area (Å²) in [7, 11) is 0. The van der Waals surface area contributed by atoms with Gasteiger partial charge in [0.05, 0.1) is 18.3 Å². The summed E-state index contributed by atoms with van der Waals surface area (Å²) < 4.78 is 8.66. The Balaban J connectivity index is 1.90. The lowest BCUT2D eigenvalue weighted by molar-refractivity contribution is 0.352. The van der Waals surface area contributed by atoms with Gasteiger partial charge in [0.1, 0.15) is 5.75 Å². The highest BCUT2D eigenvalue weighted by molar-refractivity contribution is 9.11. The summed E-state index contributed by atoms with van der Waals surface area (Å²) in [5.41, 5.74) is 9.57. The maximum Gasteiger partial charge on any atom is 0.125 e. The number of hydrogen-bond acceptors (Lipinski definition) is 3. The van der Waals surface area contributed by atoms with Crippen LogP contribution in [0.15, 0.2) is 37.8 Å². The molecule has 0 amide bonds. The van der Waals surface area contributed by atoms with Gasteiger partial charge in [0.2, 0.25) is 0 Å². The first-order valence-corrected chi connectivity index (χ1v) is 8.93. The van der Waals surface area contributed by atoms with E-state index in [0.29, 0.717) is 6.42 Å². The van der Waals surface area contributed by atoms with E-state index >= 15 is 0 Å². The van der Waals surface area contributed by atoms with E-state index in [1.54, 1.807) is 6.20 Å². The molecule has 3 rings (SSSR count). The van der Waals surface area contributed by atoms with Crippen LogP contribution in [0.3, 0.4) is 0 Å². The fraction of sp³-hybridized carbons (Fsp3) is 0.267. The van der Waals surface area contributed by atoms with Crippen molar-refractivity contribution in [2.45, 2.75) is 18.9 Å². The number of pyridine rings is 1. The number of ether oxygens (including phenoxy) is 1. The number of nitrogens with two attached hydrogens (primary N) is 1. The Labute approximate surface area is 148 Å². The number of aromatic nitrogens is 1. The van der Waals surface area contributed by atoms with E-state index in [9.17, 15) is 0 Å². The summed E-state index contributed by atoms with van der Waals surface area (Å²) in [6.07, 6.45) is 3.41. The van der Waals surface area contributed by atoms with E-state index in [0.717, 1.165) is 43.5 Å². The van der Waals surface area contributed by atoms with Crippen molar-refractivity contribution in [3.63, 3.8) is 0 Å². The SMILES string of the molecule is NC(Cc1cc(Br)cc2c1OCC2)c1ncc(Br)cc1Br. The predicted molar refractivity (Wildman–Crippen MR) is 93.6 cm³/mol. The van der Waals surface area contributed by atoms with E-state index in [1.807, 2.05) is 6.07 Å². The number of nitrogens with zero attached hydrogens (tertiary/aromatic N) is 1. The van der Waals surface area contributed by atoms with Gasteiger partial charge < -0.3 is 10.5 Å². The Hall–Kier alpha value is -0.430. The monoisotopic (exact) mass is 474 g/mol. The molecule has 1 aliphatic heterocycles. The molecule has 1 aromatic carbocycles. The molecule has 21 heavy (non-hydrogen) atoms. The minimum atomic E-state index is -0.185. The van der Waals surface area contributed by atoms with E-state index in [1.165, 1.54) is 5.56 Å². The molecule has 110 valence electrons. The lowest BCUT2D eigenvalue weighted by Gasteiger charge is -2.15. The second kappa shape index (κ2) is 6.36. The van der Waals surface area contributed by atoms with Crippen LogP contribution in [0.1, 0.15) is 22.9 Å². The van der Waals surface area contributed by atoms with Gasteiger partial charge in [-0.2, -0.15) is 0 Å². The van der Waals surface area contributed by atoms with Crippen LogP contribution in [-0.4, -0.2) is 11.6 Å². The van der Waals surface area contributed by atoms with Gasteiger partial charge in [-0.15, -0.1) is 0 Å². The summed E-state index contributed by atoms with van der Waals surface area (Å²) in [5, 5.41) is 0. The molecule has 1 atom stereocenters. The minimum Gasteiger partial charge on any atom is -0.493 e. The number of benzene rings is 1. The first-order valence-electron chi connectivity index (χ1n) is 6.55. The number of fused-ring (bicyclic) bond motifs is 1. The average molecular weight is 477 g/mol. The van der Waals surface area contributed by atoms with E-state index in [2.05, 4.69) is 64.9 Å². The lowest BCUT2D eigenvalue weighted by atomic mass is 10.00. The van der Waals surface area contributed by atoms with Crippen LogP contribution in [0.25, 0.3) is 0 Å². The third-order valence-electron chi connectivity index (χ3n) is 3.45. The molecule has 0 saturated heterocycles. The predicted octanol–water partition coefficient (Wildman–Crippen LogP) is 4.55. The first kappa shape index (κ1) is 15.5. The zero-order valence-electron chi connectivity index (χ0n) is 11.1. The van der Waals surface area contributed by atoms with Crippen molar-refractivity contribution in [1.82, 2.24) is 4.98 Å². The molecular formula is C15H13Br3N2O. The molecule has 2 heterocycles. The standard InChI is InChI=1S/C15H13Br3N2O/c16-10-3-8-1-2-21-15(8)9(4-10)5-13(19)14-12(18)6-11(17)7-20-14/h3-4,6-7,13H,1-2,5,19H2. The zero-order chi connectivity index (χ0) is 15.0. The summed E-state index contributed by atoms with van der Waals surface area (Å²) in [6.45, 7) is 0.744. The Morgan fingerprint density at radius 2 is 2.00 bits per heavy atom. The molecule has 0 aliphatic carbocycles. The Kier molecular flexibility index (Phi) is 4.69. The van der Waals surface area contributed by atoms with Crippen LogP contribution < -0.4 is 10.5 Å². The van der Waals surface area contributed by atoms with E-state index in [4.69, 9.17) is 10.5 Å². The lowest BCUT2D eigenvalue weighted by Crippen LogP contribution is -2.16. The quantitative estimate of drug-likeness (QED) is 0.707. The summed E-state index contributed by atoms with van der Waals surface area (Å²) in [4.78, 5) is 4.42. The van der Waals surface area contributed by atoms with Gasteiger partial charge in [-0.05, 0) is 67.6 Å². The van der Waals surface area contributed by atoms with Crippen LogP contribution in [0.4, 0.5) is 0 Å². The smallest absolute Gasteiger partial charge is 0.125 e. The third-order valence-corrected chi connectivity index (χ3v) is 4.98. The highest BCUT2D eigenvalue weighted by Gasteiger charge is 2.21. The van der Waals surface area contributed by atoms with Crippen molar-refractivity contribution >= 4 is 47.8 Å². The molecule has 3 nitrogen and oxygen atoms in total. The van der Waals surface area contributed by atoms with Crippen molar-refractivity contribution in [3.8, 4) is 5.75 Å². The highest BCUT2D eigenvalue weighted by atomic mass is 79.9. The summed E-state index contributed by atoms with van der Waals surface area (Å²) in [5.74, 6) is 0.988. The van der Waals surface area contributed by atoms with Crippen LogP contribution in [0, 0.1) is 0 Å². The Morgan fingerprint density at radius 1 is 1.19 bits per heavy atom.